The van der Waals surface area contributed by atoms with Crippen LogP contribution in [-0.2, 0) is 0 Å². The molecule has 2 heterocycles. The molecule has 1 aliphatic heterocycles. The van der Waals surface area contributed by atoms with Crippen molar-refractivity contribution >= 4 is 5.91 Å². The first-order valence-corrected chi connectivity index (χ1v) is 9.30. The van der Waals surface area contributed by atoms with E-state index in [2.05, 4.69) is 10.2 Å². The molecular formula is C20H24FN3O2. The summed E-state index contributed by atoms with van der Waals surface area (Å²) in [5.41, 5.74) is 1.42. The van der Waals surface area contributed by atoms with Crippen molar-refractivity contribution in [3.8, 4) is 11.3 Å². The summed E-state index contributed by atoms with van der Waals surface area (Å²) in [4.78, 5) is 15.0. The molecule has 138 valence electrons. The maximum Gasteiger partial charge on any atom is 0.257 e. The molecule has 26 heavy (non-hydrogen) atoms. The molecule has 6 heteroatoms. The third kappa shape index (κ3) is 3.38. The van der Waals surface area contributed by atoms with E-state index < -0.39 is 0 Å². The molecule has 1 aliphatic carbocycles. The Labute approximate surface area is 152 Å². The van der Waals surface area contributed by atoms with Gasteiger partial charge in [0.05, 0.1) is 24.1 Å². The lowest BCUT2D eigenvalue weighted by Crippen LogP contribution is -2.48. The van der Waals surface area contributed by atoms with E-state index >= 15 is 0 Å². The Hall–Kier alpha value is -2.21. The minimum Gasteiger partial charge on any atom is -0.396 e. The number of carbonyl (C=O) groups excluding carboxylic acids is 1. The third-order valence-corrected chi connectivity index (χ3v) is 5.69. The smallest absolute Gasteiger partial charge is 0.257 e. The number of H-pyrrole nitrogens is 1. The molecule has 1 atom stereocenters. The summed E-state index contributed by atoms with van der Waals surface area (Å²) >= 11 is 0. The fraction of sp³-hybridized carbons (Fsp3) is 0.500. The molecule has 4 rings (SSSR count). The summed E-state index contributed by atoms with van der Waals surface area (Å²) in [6.07, 6.45) is 6.84. The number of nitrogens with zero attached hydrogens (tertiary/aromatic N) is 2. The number of halogens is 1. The fourth-order valence-corrected chi connectivity index (χ4v) is 4.16. The Morgan fingerprint density at radius 3 is 3.00 bits per heavy atom. The van der Waals surface area contributed by atoms with E-state index in [1.54, 1.807) is 12.1 Å². The van der Waals surface area contributed by atoms with Crippen molar-refractivity contribution in [2.75, 3.05) is 19.7 Å². The number of amides is 1. The number of aromatic amines is 1. The largest absolute Gasteiger partial charge is 0.396 e. The summed E-state index contributed by atoms with van der Waals surface area (Å²) in [6, 6.07) is 6.15. The van der Waals surface area contributed by atoms with Crippen molar-refractivity contribution in [3.05, 3.63) is 41.8 Å². The second-order valence-electron chi connectivity index (χ2n) is 7.80. The third-order valence-electron chi connectivity index (χ3n) is 5.69. The number of aliphatic hydroxyl groups excluding tert-OH is 1. The number of rotatable bonds is 5. The molecule has 1 saturated heterocycles. The fourth-order valence-electron chi connectivity index (χ4n) is 4.16. The predicted molar refractivity (Wildman–Crippen MR) is 96.0 cm³/mol. The Balaban J connectivity index is 1.57. The number of carbonyl (C=O) groups is 1. The summed E-state index contributed by atoms with van der Waals surface area (Å²) in [6.45, 7) is 1.38. The van der Waals surface area contributed by atoms with Gasteiger partial charge in [0.25, 0.3) is 5.91 Å². The molecule has 1 aromatic heterocycles. The van der Waals surface area contributed by atoms with E-state index in [9.17, 15) is 14.3 Å². The maximum atomic E-state index is 13.6. The number of likely N-dealkylation sites (tertiary alicyclic amines) is 1. The molecule has 0 bridgehead atoms. The van der Waals surface area contributed by atoms with Crippen LogP contribution in [0.25, 0.3) is 11.3 Å². The number of piperidine rings is 1. The second-order valence-corrected chi connectivity index (χ2v) is 7.80. The molecule has 2 aromatic rings. The molecule has 1 saturated carbocycles. The van der Waals surface area contributed by atoms with Crippen LogP contribution in [0, 0.1) is 17.2 Å². The Morgan fingerprint density at radius 2 is 2.27 bits per heavy atom. The van der Waals surface area contributed by atoms with E-state index in [4.69, 9.17) is 0 Å². The highest BCUT2D eigenvalue weighted by atomic mass is 19.1. The Bertz CT molecular complexity index is 802. The number of hydrogen-bond acceptors (Lipinski definition) is 3. The predicted octanol–water partition coefficient (Wildman–Crippen LogP) is 3.23. The average molecular weight is 357 g/mol. The topological polar surface area (TPSA) is 69.2 Å². The first-order chi connectivity index (χ1) is 12.6. The van der Waals surface area contributed by atoms with E-state index in [0.717, 1.165) is 19.3 Å². The van der Waals surface area contributed by atoms with Crippen LogP contribution in [0.4, 0.5) is 4.39 Å². The first kappa shape index (κ1) is 17.2. The van der Waals surface area contributed by atoms with Gasteiger partial charge in [-0.3, -0.25) is 9.89 Å². The summed E-state index contributed by atoms with van der Waals surface area (Å²) < 4.78 is 13.6. The molecule has 2 N–H and O–H groups in total. The van der Waals surface area contributed by atoms with Crippen LogP contribution in [0.3, 0.4) is 0 Å². The van der Waals surface area contributed by atoms with Crippen molar-refractivity contribution in [2.45, 2.75) is 32.1 Å². The van der Waals surface area contributed by atoms with Crippen molar-refractivity contribution in [1.29, 1.82) is 0 Å². The van der Waals surface area contributed by atoms with Crippen LogP contribution in [0.15, 0.2) is 30.5 Å². The van der Waals surface area contributed by atoms with Crippen LogP contribution in [-0.4, -0.2) is 45.8 Å². The van der Waals surface area contributed by atoms with Gasteiger partial charge in [0.1, 0.15) is 5.82 Å². The van der Waals surface area contributed by atoms with Crippen LogP contribution in [0.2, 0.25) is 0 Å². The molecule has 0 spiro atoms. The highest BCUT2D eigenvalue weighted by Crippen LogP contribution is 2.44. The monoisotopic (exact) mass is 357 g/mol. The molecule has 5 nitrogen and oxygen atoms in total. The molecule has 1 unspecified atom stereocenters. The number of hydrogen-bond donors (Lipinski definition) is 2. The van der Waals surface area contributed by atoms with Gasteiger partial charge in [-0.1, -0.05) is 25.0 Å². The van der Waals surface area contributed by atoms with Crippen molar-refractivity contribution in [3.63, 3.8) is 0 Å². The standard InChI is InChI=1S/C20H24FN3O2/c21-16-4-1-3-15(9-16)18-17(11-22-23-18)19(26)24-8-2-7-20(12-24,13-25)10-14-5-6-14/h1,3-4,9,11,14,25H,2,5-8,10,12-13H2,(H,22,23). The quantitative estimate of drug-likeness (QED) is 0.863. The van der Waals surface area contributed by atoms with Gasteiger partial charge in [-0.15, -0.1) is 0 Å². The van der Waals surface area contributed by atoms with Gasteiger partial charge in [-0.05, 0) is 37.3 Å². The van der Waals surface area contributed by atoms with E-state index in [1.165, 1.54) is 31.2 Å². The summed E-state index contributed by atoms with van der Waals surface area (Å²) in [5, 5.41) is 16.9. The van der Waals surface area contributed by atoms with Crippen LogP contribution in [0.5, 0.6) is 0 Å². The number of nitrogens with one attached hydrogen (secondary N) is 1. The minimum absolute atomic E-state index is 0.105. The molecule has 1 aromatic carbocycles. The van der Waals surface area contributed by atoms with Crippen molar-refractivity contribution in [2.24, 2.45) is 11.3 Å². The zero-order chi connectivity index (χ0) is 18.1. The van der Waals surface area contributed by atoms with Gasteiger partial charge >= 0.3 is 0 Å². The lowest BCUT2D eigenvalue weighted by Gasteiger charge is -2.42. The van der Waals surface area contributed by atoms with Crippen LogP contribution in [0.1, 0.15) is 42.5 Å². The van der Waals surface area contributed by atoms with Gasteiger partial charge in [0.2, 0.25) is 0 Å². The molecule has 2 fully saturated rings. The number of aromatic nitrogens is 2. The summed E-state index contributed by atoms with van der Waals surface area (Å²) in [5.74, 6) is 0.248. The second kappa shape index (κ2) is 6.83. The Kier molecular flexibility index (Phi) is 4.53. The lowest BCUT2D eigenvalue weighted by molar-refractivity contribution is 0.0196. The Morgan fingerprint density at radius 1 is 1.42 bits per heavy atom. The van der Waals surface area contributed by atoms with Gasteiger partial charge < -0.3 is 10.0 Å². The van der Waals surface area contributed by atoms with Crippen molar-refractivity contribution < 1.29 is 14.3 Å². The first-order valence-electron chi connectivity index (χ1n) is 9.30. The van der Waals surface area contributed by atoms with E-state index in [-0.39, 0.29) is 23.7 Å². The number of benzene rings is 1. The summed E-state index contributed by atoms with van der Waals surface area (Å²) in [7, 11) is 0. The van der Waals surface area contributed by atoms with Gasteiger partial charge in [0.15, 0.2) is 0 Å². The molecule has 0 radical (unpaired) electrons. The SMILES string of the molecule is O=C(c1cn[nH]c1-c1cccc(F)c1)N1CCCC(CO)(CC2CC2)C1. The van der Waals surface area contributed by atoms with Gasteiger partial charge in [0, 0.05) is 24.1 Å². The normalized spacial score (nSPS) is 23.2. The lowest BCUT2D eigenvalue weighted by atomic mass is 9.76. The molecular weight excluding hydrogens is 333 g/mol. The average Bonchev–Trinajstić information content (AvgIpc) is 3.32. The molecule has 1 amide bonds. The van der Waals surface area contributed by atoms with Crippen LogP contribution >= 0.6 is 0 Å². The zero-order valence-corrected chi connectivity index (χ0v) is 14.7. The van der Waals surface area contributed by atoms with Crippen molar-refractivity contribution in [1.82, 2.24) is 15.1 Å². The van der Waals surface area contributed by atoms with E-state index in [1.807, 2.05) is 4.90 Å². The number of aliphatic hydroxyl groups is 1. The van der Waals surface area contributed by atoms with Gasteiger partial charge in [-0.2, -0.15) is 5.10 Å². The maximum absolute atomic E-state index is 13.6. The zero-order valence-electron chi connectivity index (χ0n) is 14.7. The molecule has 2 aliphatic rings. The van der Waals surface area contributed by atoms with Crippen LogP contribution < -0.4 is 0 Å². The minimum atomic E-state index is -0.350. The van der Waals surface area contributed by atoms with E-state index in [0.29, 0.717) is 35.8 Å². The van der Waals surface area contributed by atoms with Gasteiger partial charge in [-0.25, -0.2) is 4.39 Å². The highest BCUT2D eigenvalue weighted by Gasteiger charge is 2.41. The highest BCUT2D eigenvalue weighted by molar-refractivity contribution is 5.99.